The Morgan fingerprint density at radius 3 is 2.03 bits per heavy atom. The van der Waals surface area contributed by atoms with Gasteiger partial charge >= 0.3 is 0 Å². The first-order valence-electron chi connectivity index (χ1n) is 9.53. The van der Waals surface area contributed by atoms with E-state index in [1.807, 2.05) is 19.9 Å². The van der Waals surface area contributed by atoms with Crippen LogP contribution in [0.1, 0.15) is 16.7 Å². The third kappa shape index (κ3) is 5.79. The second kappa shape index (κ2) is 9.73. The molecule has 3 rings (SSSR count). The number of sulfonamides is 1. The van der Waals surface area contributed by atoms with Gasteiger partial charge in [-0.25, -0.2) is 8.42 Å². The summed E-state index contributed by atoms with van der Waals surface area (Å²) in [5.41, 5.74) is 3.23. The van der Waals surface area contributed by atoms with Crippen molar-refractivity contribution in [2.45, 2.75) is 25.3 Å². The smallest absolute Gasteiger partial charge is 0.264 e. The molecule has 0 aliphatic rings. The van der Waals surface area contributed by atoms with Crippen molar-refractivity contribution >= 4 is 44.8 Å². The zero-order chi connectivity index (χ0) is 22.6. The molecule has 3 aromatic carbocycles. The predicted octanol–water partition coefficient (Wildman–Crippen LogP) is 5.12. The average molecular weight is 477 g/mol. The lowest BCUT2D eigenvalue weighted by atomic mass is 10.1. The summed E-state index contributed by atoms with van der Waals surface area (Å²) in [6.07, 6.45) is 0. The van der Waals surface area contributed by atoms with Gasteiger partial charge in [-0.1, -0.05) is 41.4 Å². The number of carbonyl (C=O) groups is 1. The molecule has 0 heterocycles. The van der Waals surface area contributed by atoms with Crippen LogP contribution in [0, 0.1) is 13.8 Å². The highest BCUT2D eigenvalue weighted by Gasteiger charge is 2.27. The second-order valence-electron chi connectivity index (χ2n) is 7.14. The van der Waals surface area contributed by atoms with Crippen LogP contribution in [-0.4, -0.2) is 20.9 Å². The summed E-state index contributed by atoms with van der Waals surface area (Å²) in [5, 5.41) is 3.80. The van der Waals surface area contributed by atoms with Crippen molar-refractivity contribution in [1.29, 1.82) is 0 Å². The minimum Gasteiger partial charge on any atom is -0.350 e. The van der Waals surface area contributed by atoms with Gasteiger partial charge in [0.2, 0.25) is 5.91 Å². The van der Waals surface area contributed by atoms with Gasteiger partial charge < -0.3 is 5.32 Å². The Bertz CT molecular complexity index is 1180. The lowest BCUT2D eigenvalue weighted by Crippen LogP contribution is -2.40. The van der Waals surface area contributed by atoms with E-state index in [9.17, 15) is 13.2 Å². The maximum absolute atomic E-state index is 13.4. The topological polar surface area (TPSA) is 66.5 Å². The molecule has 0 aromatic heterocycles. The Balaban J connectivity index is 1.88. The molecule has 0 radical (unpaired) electrons. The number of hydrogen-bond donors (Lipinski definition) is 1. The summed E-state index contributed by atoms with van der Waals surface area (Å²) in [6.45, 7) is 3.74. The van der Waals surface area contributed by atoms with Gasteiger partial charge in [0.05, 0.1) is 10.6 Å². The molecule has 0 atom stereocenters. The van der Waals surface area contributed by atoms with Crippen LogP contribution in [0.2, 0.25) is 10.0 Å². The SMILES string of the molecule is Cc1ccc(N(CC(=O)NCc2ccc(Cl)cc2)S(=O)(=O)c2ccc(Cl)cc2)cc1C. The van der Waals surface area contributed by atoms with Gasteiger partial charge in [-0.05, 0) is 79.1 Å². The zero-order valence-electron chi connectivity index (χ0n) is 17.1. The molecule has 162 valence electrons. The Morgan fingerprint density at radius 1 is 0.871 bits per heavy atom. The molecule has 0 aliphatic carbocycles. The van der Waals surface area contributed by atoms with Crippen molar-refractivity contribution in [1.82, 2.24) is 5.32 Å². The summed E-state index contributed by atoms with van der Waals surface area (Å²) in [5.74, 6) is -0.425. The van der Waals surface area contributed by atoms with Gasteiger partial charge in [-0.3, -0.25) is 9.10 Å². The molecule has 0 fully saturated rings. The number of nitrogens with one attached hydrogen (secondary N) is 1. The monoisotopic (exact) mass is 476 g/mol. The van der Waals surface area contributed by atoms with Crippen LogP contribution in [0.5, 0.6) is 0 Å². The maximum atomic E-state index is 13.4. The number of halogens is 2. The Morgan fingerprint density at radius 2 is 1.45 bits per heavy atom. The highest BCUT2D eigenvalue weighted by atomic mass is 35.5. The largest absolute Gasteiger partial charge is 0.350 e. The fourth-order valence-electron chi connectivity index (χ4n) is 2.92. The highest BCUT2D eigenvalue weighted by molar-refractivity contribution is 7.92. The molecular formula is C23H22Cl2N2O3S. The molecule has 3 aromatic rings. The van der Waals surface area contributed by atoms with Crippen molar-refractivity contribution < 1.29 is 13.2 Å². The zero-order valence-corrected chi connectivity index (χ0v) is 19.4. The number of aryl methyl sites for hydroxylation is 2. The van der Waals surface area contributed by atoms with Crippen molar-refractivity contribution in [2.24, 2.45) is 0 Å². The molecule has 8 heteroatoms. The lowest BCUT2D eigenvalue weighted by molar-refractivity contribution is -0.119. The maximum Gasteiger partial charge on any atom is 0.264 e. The first kappa shape index (κ1) is 23.1. The number of amides is 1. The summed E-state index contributed by atoms with van der Waals surface area (Å²) in [4.78, 5) is 12.7. The van der Waals surface area contributed by atoms with E-state index in [-0.39, 0.29) is 18.0 Å². The van der Waals surface area contributed by atoms with Crippen molar-refractivity contribution in [2.75, 3.05) is 10.8 Å². The molecule has 31 heavy (non-hydrogen) atoms. The van der Waals surface area contributed by atoms with Gasteiger partial charge in [0.15, 0.2) is 0 Å². The van der Waals surface area contributed by atoms with Crippen LogP contribution in [0.4, 0.5) is 5.69 Å². The number of rotatable bonds is 7. The summed E-state index contributed by atoms with van der Waals surface area (Å²) >= 11 is 11.8. The lowest BCUT2D eigenvalue weighted by Gasteiger charge is -2.25. The van der Waals surface area contributed by atoms with Crippen LogP contribution in [0.25, 0.3) is 0 Å². The van der Waals surface area contributed by atoms with Crippen LogP contribution in [-0.2, 0) is 21.4 Å². The molecule has 0 saturated heterocycles. The van der Waals surface area contributed by atoms with Crippen LogP contribution in [0.15, 0.2) is 71.6 Å². The van der Waals surface area contributed by atoms with Gasteiger partial charge in [0.1, 0.15) is 6.54 Å². The Labute approximate surface area is 192 Å². The summed E-state index contributed by atoms with van der Waals surface area (Å²) in [7, 11) is -3.99. The second-order valence-corrected chi connectivity index (χ2v) is 9.87. The van der Waals surface area contributed by atoms with Crippen molar-refractivity contribution in [3.8, 4) is 0 Å². The number of anilines is 1. The molecule has 0 unspecified atom stereocenters. The van der Waals surface area contributed by atoms with E-state index < -0.39 is 15.9 Å². The minimum atomic E-state index is -3.99. The predicted molar refractivity (Wildman–Crippen MR) is 125 cm³/mol. The molecular weight excluding hydrogens is 455 g/mol. The van der Waals surface area contributed by atoms with Crippen molar-refractivity contribution in [3.63, 3.8) is 0 Å². The number of hydrogen-bond acceptors (Lipinski definition) is 3. The Kier molecular flexibility index (Phi) is 7.26. The van der Waals surface area contributed by atoms with Crippen molar-refractivity contribution in [3.05, 3.63) is 93.5 Å². The quantitative estimate of drug-likeness (QED) is 0.514. The van der Waals surface area contributed by atoms with E-state index in [4.69, 9.17) is 23.2 Å². The first-order valence-corrected chi connectivity index (χ1v) is 11.7. The fraction of sp³-hybridized carbons (Fsp3) is 0.174. The van der Waals surface area contributed by atoms with E-state index in [0.717, 1.165) is 21.0 Å². The normalized spacial score (nSPS) is 11.2. The summed E-state index contributed by atoms with van der Waals surface area (Å²) in [6, 6.07) is 18.2. The van der Waals surface area contributed by atoms with E-state index in [0.29, 0.717) is 15.7 Å². The van der Waals surface area contributed by atoms with Crippen LogP contribution in [0.3, 0.4) is 0 Å². The molecule has 1 N–H and O–H groups in total. The molecule has 5 nitrogen and oxygen atoms in total. The third-order valence-corrected chi connectivity index (χ3v) is 7.16. The molecule has 0 aliphatic heterocycles. The van der Waals surface area contributed by atoms with Gasteiger partial charge in [0, 0.05) is 16.6 Å². The van der Waals surface area contributed by atoms with E-state index >= 15 is 0 Å². The Hall–Kier alpha value is -2.54. The van der Waals surface area contributed by atoms with Gasteiger partial charge in [-0.15, -0.1) is 0 Å². The minimum absolute atomic E-state index is 0.0561. The molecule has 0 spiro atoms. The van der Waals surface area contributed by atoms with E-state index in [1.54, 1.807) is 36.4 Å². The van der Waals surface area contributed by atoms with E-state index in [2.05, 4.69) is 5.32 Å². The number of nitrogens with zero attached hydrogens (tertiary/aromatic N) is 1. The van der Waals surface area contributed by atoms with E-state index in [1.165, 1.54) is 24.3 Å². The van der Waals surface area contributed by atoms with Crippen LogP contribution < -0.4 is 9.62 Å². The third-order valence-electron chi connectivity index (χ3n) is 4.87. The van der Waals surface area contributed by atoms with Gasteiger partial charge in [0.25, 0.3) is 10.0 Å². The highest BCUT2D eigenvalue weighted by Crippen LogP contribution is 2.26. The first-order chi connectivity index (χ1) is 14.7. The molecule has 0 saturated carbocycles. The van der Waals surface area contributed by atoms with Gasteiger partial charge in [-0.2, -0.15) is 0 Å². The molecule has 1 amide bonds. The fourth-order valence-corrected chi connectivity index (χ4v) is 4.58. The summed E-state index contributed by atoms with van der Waals surface area (Å²) < 4.78 is 27.9. The van der Waals surface area contributed by atoms with Crippen LogP contribution >= 0.6 is 23.2 Å². The number of carbonyl (C=O) groups excluding carboxylic acids is 1. The standard InChI is InChI=1S/C23H22Cl2N2O3S/c1-16-3-10-21(13-17(16)2)27(31(29,30)22-11-8-20(25)9-12-22)15-23(28)26-14-18-4-6-19(24)7-5-18/h3-13H,14-15H2,1-2H3,(H,26,28). The molecule has 0 bridgehead atoms. The number of benzene rings is 3. The average Bonchev–Trinajstić information content (AvgIpc) is 2.74.